The zero-order valence-electron chi connectivity index (χ0n) is 21.7. The summed E-state index contributed by atoms with van der Waals surface area (Å²) in [5.74, 6) is -0.936. The molecular weight excluding hydrogens is 542 g/mol. The van der Waals surface area contributed by atoms with E-state index < -0.39 is 110 Å². The SMILES string of the molecule is NCC[C@H](O)C(=O)N[C@@H]1[C@H](O)[C@@H](O[C@H]2[C@@H](O)[C@H](O[C@H]3O[C@@H](CN)[C@@H](O)[C@H](O)[C@@H]3O)[C@H](N)C[C@H]2N)O[C@@H](CO)[C@H]1O. The number of carbonyl (C=O) groups excluding carboxylic acids is 1. The summed E-state index contributed by atoms with van der Waals surface area (Å²) in [6, 6.07) is -3.32. The zero-order valence-corrected chi connectivity index (χ0v) is 21.7. The third-order valence-electron chi connectivity index (χ3n) is 7.48. The number of carbonyl (C=O) groups is 1. The van der Waals surface area contributed by atoms with Crippen LogP contribution in [0.25, 0.3) is 0 Å². The van der Waals surface area contributed by atoms with Gasteiger partial charge in [-0.1, -0.05) is 0 Å². The molecule has 2 saturated heterocycles. The second-order valence-electron chi connectivity index (χ2n) is 10.3. The van der Waals surface area contributed by atoms with Crippen molar-refractivity contribution in [1.82, 2.24) is 5.32 Å². The molecule has 18 nitrogen and oxygen atoms in total. The first-order valence-corrected chi connectivity index (χ1v) is 13.1. The first-order valence-electron chi connectivity index (χ1n) is 13.1. The molecule has 40 heavy (non-hydrogen) atoms. The van der Waals surface area contributed by atoms with Crippen LogP contribution in [0, 0.1) is 0 Å². The van der Waals surface area contributed by atoms with Gasteiger partial charge < -0.3 is 88.1 Å². The highest BCUT2D eigenvalue weighted by molar-refractivity contribution is 5.80. The molecular formula is C22H43N5O13. The lowest BCUT2D eigenvalue weighted by Gasteiger charge is -2.48. The topological polar surface area (TPSA) is 332 Å². The lowest BCUT2D eigenvalue weighted by molar-refractivity contribution is -0.332. The summed E-state index contributed by atoms with van der Waals surface area (Å²) in [7, 11) is 0. The van der Waals surface area contributed by atoms with Crippen LogP contribution in [0.15, 0.2) is 0 Å². The van der Waals surface area contributed by atoms with Gasteiger partial charge in [0.05, 0.1) is 12.6 Å². The van der Waals surface area contributed by atoms with Crippen LogP contribution in [-0.4, -0.2) is 164 Å². The lowest BCUT2D eigenvalue weighted by atomic mass is 9.84. The molecule has 3 aliphatic rings. The molecule has 17 N–H and O–H groups in total. The van der Waals surface area contributed by atoms with E-state index in [1.165, 1.54) is 0 Å². The molecule has 1 amide bonds. The highest BCUT2D eigenvalue weighted by Crippen LogP contribution is 2.31. The third kappa shape index (κ3) is 7.06. The number of hydrogen-bond acceptors (Lipinski definition) is 17. The average molecular weight is 586 g/mol. The van der Waals surface area contributed by atoms with E-state index in [1.54, 1.807) is 0 Å². The van der Waals surface area contributed by atoms with Gasteiger partial charge in [0, 0.05) is 18.6 Å². The highest BCUT2D eigenvalue weighted by Gasteiger charge is 2.52. The number of nitrogens with two attached hydrogens (primary N) is 4. The smallest absolute Gasteiger partial charge is 0.249 e. The standard InChI is InChI=1S/C22H43N5O13/c23-2-1-8(29)20(36)27-11-12(30)10(5-28)38-21(14(11)32)39-18-6(25)3-7(26)19(17(18)35)40-22-16(34)15(33)13(31)9(4-24)37-22/h6-19,21-22,28-35H,1-5,23-26H2,(H,27,36)/t6-,7-,8+,9+,10+,11+,12-,13-,14+,15+,16+,17-,18-,19-,21-,22-/m1/s1. The second-order valence-corrected chi connectivity index (χ2v) is 10.3. The Morgan fingerprint density at radius 2 is 1.38 bits per heavy atom. The molecule has 0 unspecified atom stereocenters. The van der Waals surface area contributed by atoms with Crippen molar-refractivity contribution in [2.75, 3.05) is 19.7 Å². The maximum absolute atomic E-state index is 12.3. The number of rotatable bonds is 10. The van der Waals surface area contributed by atoms with Crippen molar-refractivity contribution in [3.8, 4) is 0 Å². The molecule has 3 fully saturated rings. The minimum Gasteiger partial charge on any atom is -0.394 e. The molecule has 0 aromatic heterocycles. The Kier molecular flexibility index (Phi) is 11.9. The quantitative estimate of drug-likeness (QED) is 0.113. The number of ether oxygens (including phenoxy) is 4. The van der Waals surface area contributed by atoms with Crippen molar-refractivity contribution in [1.29, 1.82) is 0 Å². The summed E-state index contributed by atoms with van der Waals surface area (Å²) in [4.78, 5) is 12.3. The number of amides is 1. The highest BCUT2D eigenvalue weighted by atomic mass is 16.7. The predicted octanol–water partition coefficient (Wildman–Crippen LogP) is -8.42. The van der Waals surface area contributed by atoms with Crippen LogP contribution in [0.5, 0.6) is 0 Å². The monoisotopic (exact) mass is 585 g/mol. The summed E-state index contributed by atoms with van der Waals surface area (Å²) in [6.07, 6.45) is -19.7. The van der Waals surface area contributed by atoms with Crippen LogP contribution < -0.4 is 28.3 Å². The van der Waals surface area contributed by atoms with E-state index in [0.29, 0.717) is 0 Å². The molecule has 2 heterocycles. The Bertz CT molecular complexity index is 817. The average Bonchev–Trinajstić information content (AvgIpc) is 2.92. The van der Waals surface area contributed by atoms with Gasteiger partial charge in [-0.3, -0.25) is 4.79 Å². The van der Waals surface area contributed by atoms with Crippen molar-refractivity contribution in [2.24, 2.45) is 22.9 Å². The number of nitrogens with one attached hydrogen (secondary N) is 1. The normalized spacial score (nSPS) is 47.0. The van der Waals surface area contributed by atoms with Crippen molar-refractivity contribution >= 4 is 5.91 Å². The fourth-order valence-corrected chi connectivity index (χ4v) is 5.09. The van der Waals surface area contributed by atoms with Gasteiger partial charge in [0.25, 0.3) is 0 Å². The molecule has 3 rings (SSSR count). The van der Waals surface area contributed by atoms with E-state index in [0.717, 1.165) is 0 Å². The van der Waals surface area contributed by atoms with Crippen LogP contribution in [0.2, 0.25) is 0 Å². The van der Waals surface area contributed by atoms with Crippen molar-refractivity contribution in [2.45, 2.75) is 111 Å². The molecule has 0 radical (unpaired) electrons. The Balaban J connectivity index is 1.75. The van der Waals surface area contributed by atoms with Gasteiger partial charge >= 0.3 is 0 Å². The zero-order chi connectivity index (χ0) is 29.9. The maximum atomic E-state index is 12.3. The van der Waals surface area contributed by atoms with E-state index in [9.17, 15) is 45.6 Å². The van der Waals surface area contributed by atoms with E-state index in [-0.39, 0.29) is 25.9 Å². The molecule has 2 aliphatic heterocycles. The van der Waals surface area contributed by atoms with Crippen molar-refractivity contribution in [3.63, 3.8) is 0 Å². The summed E-state index contributed by atoms with van der Waals surface area (Å²) in [5.41, 5.74) is 23.2. The molecule has 0 bridgehead atoms. The molecule has 0 spiro atoms. The second kappa shape index (κ2) is 14.3. The Labute approximate surface area is 229 Å². The summed E-state index contributed by atoms with van der Waals surface area (Å²) in [6.45, 7) is -0.957. The van der Waals surface area contributed by atoms with Crippen LogP contribution in [0.3, 0.4) is 0 Å². The Morgan fingerprint density at radius 3 is 1.90 bits per heavy atom. The lowest BCUT2D eigenvalue weighted by Crippen LogP contribution is -2.69. The predicted molar refractivity (Wildman–Crippen MR) is 131 cm³/mol. The van der Waals surface area contributed by atoms with E-state index in [4.69, 9.17) is 41.9 Å². The van der Waals surface area contributed by atoms with E-state index in [2.05, 4.69) is 5.32 Å². The summed E-state index contributed by atoms with van der Waals surface area (Å²) >= 11 is 0. The molecule has 234 valence electrons. The van der Waals surface area contributed by atoms with Crippen LogP contribution in [-0.2, 0) is 23.7 Å². The minimum absolute atomic E-state index is 0.00101. The minimum atomic E-state index is -1.76. The van der Waals surface area contributed by atoms with Gasteiger partial charge in [0.1, 0.15) is 67.1 Å². The summed E-state index contributed by atoms with van der Waals surface area (Å²) < 4.78 is 22.4. The third-order valence-corrected chi connectivity index (χ3v) is 7.48. The van der Waals surface area contributed by atoms with Crippen LogP contribution >= 0.6 is 0 Å². The maximum Gasteiger partial charge on any atom is 0.249 e. The molecule has 0 aromatic carbocycles. The summed E-state index contributed by atoms with van der Waals surface area (Å²) in [5, 5.41) is 85.0. The number of aliphatic hydroxyl groups is 8. The fourth-order valence-electron chi connectivity index (χ4n) is 5.09. The first kappa shape index (κ1) is 33.3. The Morgan fingerprint density at radius 1 is 0.825 bits per heavy atom. The largest absolute Gasteiger partial charge is 0.394 e. The van der Waals surface area contributed by atoms with Gasteiger partial charge in [-0.15, -0.1) is 0 Å². The molecule has 16 atom stereocenters. The van der Waals surface area contributed by atoms with Gasteiger partial charge in [-0.25, -0.2) is 0 Å². The number of hydrogen-bond donors (Lipinski definition) is 13. The number of aliphatic hydroxyl groups excluding tert-OH is 8. The van der Waals surface area contributed by atoms with Gasteiger partial charge in [-0.2, -0.15) is 0 Å². The van der Waals surface area contributed by atoms with Crippen molar-refractivity contribution in [3.05, 3.63) is 0 Å². The van der Waals surface area contributed by atoms with E-state index in [1.807, 2.05) is 0 Å². The fraction of sp³-hybridized carbons (Fsp3) is 0.955. The Hall–Kier alpha value is -1.17. The van der Waals surface area contributed by atoms with Gasteiger partial charge in [0.2, 0.25) is 5.91 Å². The van der Waals surface area contributed by atoms with Gasteiger partial charge in [-0.05, 0) is 19.4 Å². The first-order chi connectivity index (χ1) is 18.9. The van der Waals surface area contributed by atoms with Crippen molar-refractivity contribution < 1.29 is 64.6 Å². The molecule has 0 aromatic rings. The molecule has 18 heteroatoms. The van der Waals surface area contributed by atoms with Crippen LogP contribution in [0.1, 0.15) is 12.8 Å². The van der Waals surface area contributed by atoms with E-state index >= 15 is 0 Å². The molecule has 1 aliphatic carbocycles. The molecule has 1 saturated carbocycles. The van der Waals surface area contributed by atoms with Gasteiger partial charge in [0.15, 0.2) is 12.6 Å². The van der Waals surface area contributed by atoms with Crippen LogP contribution in [0.4, 0.5) is 0 Å².